The van der Waals surface area contributed by atoms with E-state index in [1.165, 1.54) is 11.8 Å². The van der Waals surface area contributed by atoms with Crippen LogP contribution in [0.4, 0.5) is 0 Å². The van der Waals surface area contributed by atoms with Gasteiger partial charge in [0.05, 0.1) is 12.3 Å². The van der Waals surface area contributed by atoms with E-state index in [1.807, 2.05) is 41.8 Å². The van der Waals surface area contributed by atoms with Crippen LogP contribution in [0.3, 0.4) is 0 Å². The van der Waals surface area contributed by atoms with Crippen LogP contribution in [0, 0.1) is 0 Å². The molecule has 1 aromatic carbocycles. The van der Waals surface area contributed by atoms with Gasteiger partial charge >= 0.3 is 0 Å². The summed E-state index contributed by atoms with van der Waals surface area (Å²) in [6.45, 7) is 0.565. The van der Waals surface area contributed by atoms with Crippen molar-refractivity contribution in [2.24, 2.45) is 0 Å². The van der Waals surface area contributed by atoms with Gasteiger partial charge in [0.15, 0.2) is 5.82 Å². The summed E-state index contributed by atoms with van der Waals surface area (Å²) in [6.07, 6.45) is 0. The van der Waals surface area contributed by atoms with Crippen LogP contribution in [0.5, 0.6) is 0 Å². The van der Waals surface area contributed by atoms with E-state index in [1.54, 1.807) is 11.3 Å². The molecular formula is C15H13BrN4OS2. The molecule has 2 heterocycles. The first kappa shape index (κ1) is 16.2. The van der Waals surface area contributed by atoms with E-state index in [0.29, 0.717) is 23.3 Å². The smallest absolute Gasteiger partial charge is 0.230 e. The molecule has 3 rings (SSSR count). The quantitative estimate of drug-likeness (QED) is 0.609. The fourth-order valence-corrected chi connectivity index (χ4v) is 3.36. The maximum atomic E-state index is 11.8. The minimum absolute atomic E-state index is 0.0293. The molecule has 0 aliphatic carbocycles. The van der Waals surface area contributed by atoms with Crippen LogP contribution in [0.25, 0.3) is 11.4 Å². The van der Waals surface area contributed by atoms with Crippen LogP contribution in [0.2, 0.25) is 0 Å². The second-order valence-electron chi connectivity index (χ2n) is 4.62. The highest BCUT2D eigenvalue weighted by atomic mass is 79.9. The maximum absolute atomic E-state index is 11.8. The van der Waals surface area contributed by atoms with Gasteiger partial charge in [-0.2, -0.15) is 0 Å². The van der Waals surface area contributed by atoms with Crippen molar-refractivity contribution in [2.45, 2.75) is 11.7 Å². The minimum Gasteiger partial charge on any atom is -0.350 e. The Hall–Kier alpha value is -1.64. The van der Waals surface area contributed by atoms with Gasteiger partial charge in [-0.25, -0.2) is 4.98 Å². The van der Waals surface area contributed by atoms with Crippen LogP contribution in [0.1, 0.15) is 4.88 Å². The maximum Gasteiger partial charge on any atom is 0.230 e. The van der Waals surface area contributed by atoms with Gasteiger partial charge < -0.3 is 5.32 Å². The molecule has 0 saturated heterocycles. The number of hydrogen-bond donors (Lipinski definition) is 2. The Morgan fingerprint density at radius 1 is 1.30 bits per heavy atom. The van der Waals surface area contributed by atoms with Gasteiger partial charge in [0.25, 0.3) is 0 Å². The number of rotatable bonds is 6. The molecule has 2 aromatic heterocycles. The molecule has 0 radical (unpaired) electrons. The SMILES string of the molecule is O=C(CSc1n[nH]c(-c2ccc(Br)cc2)n1)NCc1cccs1. The monoisotopic (exact) mass is 408 g/mol. The first-order valence-corrected chi connectivity index (χ1v) is 9.47. The van der Waals surface area contributed by atoms with Gasteiger partial charge in [0.1, 0.15) is 0 Å². The average molecular weight is 409 g/mol. The van der Waals surface area contributed by atoms with Gasteiger partial charge in [-0.15, -0.1) is 16.4 Å². The number of thiophene rings is 1. The van der Waals surface area contributed by atoms with Crippen molar-refractivity contribution < 1.29 is 4.79 Å². The predicted molar refractivity (Wildman–Crippen MR) is 96.4 cm³/mol. The molecule has 0 bridgehead atoms. The standard InChI is InChI=1S/C15H13BrN4OS2/c16-11-5-3-10(4-6-11)14-18-15(20-19-14)23-9-13(21)17-8-12-2-1-7-22-12/h1-7H,8-9H2,(H,17,21)(H,18,19,20). The van der Waals surface area contributed by atoms with Crippen LogP contribution < -0.4 is 5.32 Å². The number of amides is 1. The Morgan fingerprint density at radius 2 is 2.13 bits per heavy atom. The van der Waals surface area contributed by atoms with Crippen molar-refractivity contribution in [1.82, 2.24) is 20.5 Å². The van der Waals surface area contributed by atoms with Crippen LogP contribution in [-0.4, -0.2) is 26.8 Å². The number of carbonyl (C=O) groups is 1. The number of H-pyrrole nitrogens is 1. The molecule has 0 atom stereocenters. The molecule has 1 amide bonds. The molecule has 0 unspecified atom stereocenters. The van der Waals surface area contributed by atoms with E-state index in [-0.39, 0.29) is 5.91 Å². The van der Waals surface area contributed by atoms with Gasteiger partial charge in [0, 0.05) is 14.9 Å². The average Bonchev–Trinajstić information content (AvgIpc) is 3.23. The highest BCUT2D eigenvalue weighted by Gasteiger charge is 2.09. The molecule has 0 saturated carbocycles. The summed E-state index contributed by atoms with van der Waals surface area (Å²) in [5.74, 6) is 0.959. The van der Waals surface area contributed by atoms with E-state index in [4.69, 9.17) is 0 Å². The first-order chi connectivity index (χ1) is 11.2. The zero-order valence-electron chi connectivity index (χ0n) is 12.0. The first-order valence-electron chi connectivity index (χ1n) is 6.81. The highest BCUT2D eigenvalue weighted by molar-refractivity contribution is 9.10. The largest absolute Gasteiger partial charge is 0.350 e. The molecule has 0 aliphatic rings. The number of nitrogens with zero attached hydrogens (tertiary/aromatic N) is 2. The second kappa shape index (κ2) is 7.76. The summed E-state index contributed by atoms with van der Waals surface area (Å²) in [4.78, 5) is 17.4. The van der Waals surface area contributed by atoms with Crippen molar-refractivity contribution in [3.8, 4) is 11.4 Å². The Labute approximate surface area is 150 Å². The zero-order chi connectivity index (χ0) is 16.1. The van der Waals surface area contributed by atoms with E-state index >= 15 is 0 Å². The van der Waals surface area contributed by atoms with E-state index in [2.05, 4.69) is 36.4 Å². The van der Waals surface area contributed by atoms with Crippen molar-refractivity contribution in [1.29, 1.82) is 0 Å². The number of aromatic amines is 1. The third-order valence-corrected chi connectivity index (χ3v) is 5.21. The number of aromatic nitrogens is 3. The van der Waals surface area contributed by atoms with Crippen LogP contribution >= 0.6 is 39.0 Å². The molecule has 23 heavy (non-hydrogen) atoms. The summed E-state index contributed by atoms with van der Waals surface area (Å²) in [5, 5.41) is 12.5. The Kier molecular flexibility index (Phi) is 5.47. The Morgan fingerprint density at radius 3 is 2.87 bits per heavy atom. The minimum atomic E-state index is -0.0293. The van der Waals surface area contributed by atoms with E-state index in [9.17, 15) is 4.79 Å². The number of hydrogen-bond acceptors (Lipinski definition) is 5. The summed E-state index contributed by atoms with van der Waals surface area (Å²) >= 11 is 6.34. The van der Waals surface area contributed by atoms with Gasteiger partial charge in [0.2, 0.25) is 11.1 Å². The number of nitrogens with one attached hydrogen (secondary N) is 2. The molecule has 8 heteroatoms. The number of thioether (sulfide) groups is 1. The fourth-order valence-electron chi connectivity index (χ4n) is 1.83. The molecule has 0 aliphatic heterocycles. The van der Waals surface area contributed by atoms with Crippen molar-refractivity contribution in [3.63, 3.8) is 0 Å². The molecule has 118 valence electrons. The number of halogens is 1. The molecule has 3 aromatic rings. The lowest BCUT2D eigenvalue weighted by Crippen LogP contribution is -2.24. The number of carbonyl (C=O) groups excluding carboxylic acids is 1. The molecule has 0 fully saturated rings. The van der Waals surface area contributed by atoms with Gasteiger partial charge in [-0.1, -0.05) is 45.9 Å². The normalized spacial score (nSPS) is 10.7. The lowest BCUT2D eigenvalue weighted by Gasteiger charge is -2.01. The number of benzene rings is 1. The highest BCUT2D eigenvalue weighted by Crippen LogP contribution is 2.21. The van der Waals surface area contributed by atoms with Crippen LogP contribution in [-0.2, 0) is 11.3 Å². The fraction of sp³-hybridized carbons (Fsp3) is 0.133. The van der Waals surface area contributed by atoms with Crippen molar-refractivity contribution in [3.05, 3.63) is 51.1 Å². The Balaban J connectivity index is 1.50. The third-order valence-electron chi connectivity index (χ3n) is 2.95. The molecule has 2 N–H and O–H groups in total. The van der Waals surface area contributed by atoms with Gasteiger partial charge in [-0.05, 0) is 23.6 Å². The van der Waals surface area contributed by atoms with Crippen LogP contribution in [0.15, 0.2) is 51.4 Å². The molecule has 0 spiro atoms. The molecule has 5 nitrogen and oxygen atoms in total. The zero-order valence-corrected chi connectivity index (χ0v) is 15.2. The Bertz CT molecular complexity index is 771. The summed E-state index contributed by atoms with van der Waals surface area (Å²) in [5.41, 5.74) is 0.953. The van der Waals surface area contributed by atoms with Crippen molar-refractivity contribution >= 4 is 44.9 Å². The third kappa shape index (κ3) is 4.66. The van der Waals surface area contributed by atoms with Gasteiger partial charge in [-0.3, -0.25) is 9.89 Å². The lowest BCUT2D eigenvalue weighted by molar-refractivity contribution is -0.118. The molecular weight excluding hydrogens is 396 g/mol. The van der Waals surface area contributed by atoms with E-state index < -0.39 is 0 Å². The topological polar surface area (TPSA) is 70.7 Å². The summed E-state index contributed by atoms with van der Waals surface area (Å²) in [7, 11) is 0. The van der Waals surface area contributed by atoms with Crippen molar-refractivity contribution in [2.75, 3.05) is 5.75 Å². The predicted octanol–water partition coefficient (Wildman–Crippen LogP) is 3.70. The lowest BCUT2D eigenvalue weighted by atomic mass is 10.2. The second-order valence-corrected chi connectivity index (χ2v) is 7.51. The van der Waals surface area contributed by atoms with E-state index in [0.717, 1.165) is 14.9 Å². The summed E-state index contributed by atoms with van der Waals surface area (Å²) in [6, 6.07) is 11.8. The summed E-state index contributed by atoms with van der Waals surface area (Å²) < 4.78 is 1.01.